The molecule has 1 heterocycles. The molecule has 5 heteroatoms. The monoisotopic (exact) mass is 398 g/mol. The molecular weight excluding hydrogens is 374 g/mol. The number of hydrazine groups is 1. The van der Waals surface area contributed by atoms with Crippen LogP contribution in [-0.4, -0.2) is 28.8 Å². The van der Waals surface area contributed by atoms with Crippen LogP contribution in [0.2, 0.25) is 0 Å². The van der Waals surface area contributed by atoms with Crippen molar-refractivity contribution < 1.29 is 14.3 Å². The van der Waals surface area contributed by atoms with Gasteiger partial charge in [-0.3, -0.25) is 9.59 Å². The van der Waals surface area contributed by atoms with Crippen molar-refractivity contribution in [3.8, 4) is 0 Å². The van der Waals surface area contributed by atoms with Gasteiger partial charge in [-0.1, -0.05) is 65.7 Å². The summed E-state index contributed by atoms with van der Waals surface area (Å²) in [5.41, 5.74) is 7.58. The van der Waals surface area contributed by atoms with Crippen LogP contribution in [-0.2, 0) is 4.79 Å². The minimum Gasteiger partial charge on any atom is -0.334 e. The van der Waals surface area contributed by atoms with Gasteiger partial charge in [0.2, 0.25) is 12.3 Å². The Hall–Kier alpha value is -3.73. The molecule has 5 nitrogen and oxygen atoms in total. The van der Waals surface area contributed by atoms with E-state index < -0.39 is 6.04 Å². The molecule has 2 amide bonds. The molecule has 2 atom stereocenters. The van der Waals surface area contributed by atoms with Crippen molar-refractivity contribution in [3.05, 3.63) is 107 Å². The Morgan fingerprint density at radius 1 is 0.900 bits per heavy atom. The van der Waals surface area contributed by atoms with E-state index in [4.69, 9.17) is 0 Å². The standard InChI is InChI=1S/C25H23N3O2/c1-17-8-12-19(13-9-17)16-28-23(20-6-4-3-5-7-20)22(25(30)27-28)26-24(29)21-14-10-18(2)11-15-21/h3-16,22-23H,1-2H3,(H-,26,27,29,30)/p+1/b28-16-/t22-,23-/m1/s1. The average Bonchev–Trinajstić information content (AvgIpc) is 3.05. The van der Waals surface area contributed by atoms with Crippen molar-refractivity contribution >= 4 is 18.0 Å². The van der Waals surface area contributed by atoms with Crippen LogP contribution in [0.15, 0.2) is 78.9 Å². The fourth-order valence-corrected chi connectivity index (χ4v) is 3.57. The number of hydrogen-bond acceptors (Lipinski definition) is 2. The Morgan fingerprint density at radius 2 is 1.50 bits per heavy atom. The van der Waals surface area contributed by atoms with Gasteiger partial charge in [0.05, 0.1) is 0 Å². The van der Waals surface area contributed by atoms with Gasteiger partial charge >= 0.3 is 5.91 Å². The molecular formula is C25H24N3O2+. The van der Waals surface area contributed by atoms with E-state index in [1.54, 1.807) is 16.8 Å². The first-order chi connectivity index (χ1) is 14.5. The number of benzene rings is 3. The van der Waals surface area contributed by atoms with Crippen LogP contribution in [0, 0.1) is 13.8 Å². The minimum absolute atomic E-state index is 0.243. The summed E-state index contributed by atoms with van der Waals surface area (Å²) in [6.07, 6.45) is 1.90. The molecule has 4 rings (SSSR count). The third kappa shape index (κ3) is 4.15. The number of nitrogens with one attached hydrogen (secondary N) is 2. The summed E-state index contributed by atoms with van der Waals surface area (Å²) >= 11 is 0. The zero-order chi connectivity index (χ0) is 21.1. The molecule has 0 aromatic heterocycles. The smallest absolute Gasteiger partial charge is 0.304 e. The molecule has 30 heavy (non-hydrogen) atoms. The van der Waals surface area contributed by atoms with E-state index in [1.165, 1.54) is 5.56 Å². The number of amides is 2. The highest BCUT2D eigenvalue weighted by Crippen LogP contribution is 2.25. The first kappa shape index (κ1) is 19.6. The Bertz CT molecular complexity index is 1090. The van der Waals surface area contributed by atoms with E-state index in [9.17, 15) is 9.59 Å². The van der Waals surface area contributed by atoms with Gasteiger partial charge in [0.15, 0.2) is 6.04 Å². The van der Waals surface area contributed by atoms with Crippen LogP contribution < -0.4 is 10.7 Å². The van der Waals surface area contributed by atoms with Crippen LogP contribution in [0.1, 0.15) is 38.7 Å². The predicted molar refractivity (Wildman–Crippen MR) is 116 cm³/mol. The molecule has 0 spiro atoms. The summed E-state index contributed by atoms with van der Waals surface area (Å²) in [7, 11) is 0. The van der Waals surface area contributed by atoms with Crippen molar-refractivity contribution in [2.45, 2.75) is 25.9 Å². The van der Waals surface area contributed by atoms with Crippen molar-refractivity contribution in [2.24, 2.45) is 0 Å². The normalized spacial score (nSPS) is 19.5. The van der Waals surface area contributed by atoms with E-state index in [2.05, 4.69) is 10.7 Å². The molecule has 1 aliphatic heterocycles. The summed E-state index contributed by atoms with van der Waals surface area (Å²) in [4.78, 5) is 25.7. The highest BCUT2D eigenvalue weighted by molar-refractivity contribution is 5.98. The zero-order valence-corrected chi connectivity index (χ0v) is 17.0. The molecule has 1 fully saturated rings. The largest absolute Gasteiger partial charge is 0.334 e. The number of carbonyl (C=O) groups is 2. The van der Waals surface area contributed by atoms with Crippen LogP contribution in [0.25, 0.3) is 0 Å². The van der Waals surface area contributed by atoms with Gasteiger partial charge in [0.25, 0.3) is 5.91 Å². The van der Waals surface area contributed by atoms with Crippen LogP contribution in [0.4, 0.5) is 0 Å². The number of rotatable bonds is 4. The van der Waals surface area contributed by atoms with Crippen molar-refractivity contribution in [3.63, 3.8) is 0 Å². The first-order valence-electron chi connectivity index (χ1n) is 9.94. The zero-order valence-electron chi connectivity index (χ0n) is 17.0. The Morgan fingerprint density at radius 3 is 2.13 bits per heavy atom. The molecule has 150 valence electrons. The molecule has 0 unspecified atom stereocenters. The van der Waals surface area contributed by atoms with E-state index >= 15 is 0 Å². The number of hydrogen-bond donors (Lipinski definition) is 2. The van der Waals surface area contributed by atoms with Crippen LogP contribution >= 0.6 is 0 Å². The summed E-state index contributed by atoms with van der Waals surface area (Å²) in [5, 5.41) is 2.93. The highest BCUT2D eigenvalue weighted by atomic mass is 16.2. The van der Waals surface area contributed by atoms with Crippen molar-refractivity contribution in [1.29, 1.82) is 0 Å². The van der Waals surface area contributed by atoms with Gasteiger partial charge in [-0.25, -0.2) is 0 Å². The fraction of sp³-hybridized carbons (Fsp3) is 0.160. The first-order valence-corrected chi connectivity index (χ1v) is 9.94. The van der Waals surface area contributed by atoms with E-state index in [0.29, 0.717) is 5.56 Å². The van der Waals surface area contributed by atoms with Crippen LogP contribution in [0.3, 0.4) is 0 Å². The minimum atomic E-state index is -0.720. The lowest BCUT2D eigenvalue weighted by Gasteiger charge is -2.14. The number of nitrogens with zero attached hydrogens (tertiary/aromatic N) is 1. The Labute approximate surface area is 176 Å². The summed E-state index contributed by atoms with van der Waals surface area (Å²) in [5.74, 6) is -0.513. The maximum absolute atomic E-state index is 12.8. The highest BCUT2D eigenvalue weighted by Gasteiger charge is 2.47. The molecule has 0 saturated carbocycles. The third-order valence-electron chi connectivity index (χ3n) is 5.24. The van der Waals surface area contributed by atoms with Gasteiger partial charge in [-0.05, 0) is 38.1 Å². The SMILES string of the molecule is Cc1ccc(/C=[N+]2\NC(=O)[C@H](NC(=O)c3ccc(C)cc3)[C@H]2c2ccccc2)cc1. The fourth-order valence-electron chi connectivity index (χ4n) is 3.57. The second kappa shape index (κ2) is 8.33. The quantitative estimate of drug-likeness (QED) is 0.663. The number of hydrazone groups is 1. The number of aryl methyl sites for hydroxylation is 2. The molecule has 1 aliphatic rings. The summed E-state index contributed by atoms with van der Waals surface area (Å²) in [6.45, 7) is 4.00. The van der Waals surface area contributed by atoms with Crippen LogP contribution in [0.5, 0.6) is 0 Å². The van der Waals surface area contributed by atoms with Crippen molar-refractivity contribution in [1.82, 2.24) is 10.7 Å². The Kier molecular flexibility index (Phi) is 5.44. The van der Waals surface area contributed by atoms with E-state index in [0.717, 1.165) is 16.7 Å². The van der Waals surface area contributed by atoms with Gasteiger partial charge in [0, 0.05) is 16.7 Å². The van der Waals surface area contributed by atoms with Gasteiger partial charge in [-0.15, -0.1) is 10.1 Å². The maximum Gasteiger partial charge on any atom is 0.304 e. The molecule has 0 bridgehead atoms. The molecule has 1 saturated heterocycles. The molecule has 3 aromatic rings. The van der Waals surface area contributed by atoms with Crippen molar-refractivity contribution in [2.75, 3.05) is 0 Å². The number of carbonyl (C=O) groups excluding carboxylic acids is 2. The lowest BCUT2D eigenvalue weighted by atomic mass is 9.99. The van der Waals surface area contributed by atoms with Gasteiger partial charge in [-0.2, -0.15) is 0 Å². The lowest BCUT2D eigenvalue weighted by Crippen LogP contribution is -2.42. The predicted octanol–water partition coefficient (Wildman–Crippen LogP) is 3.32. The molecule has 0 radical (unpaired) electrons. The third-order valence-corrected chi connectivity index (χ3v) is 5.24. The molecule has 2 N–H and O–H groups in total. The topological polar surface area (TPSA) is 61.2 Å². The lowest BCUT2D eigenvalue weighted by molar-refractivity contribution is -0.596. The van der Waals surface area contributed by atoms with Gasteiger partial charge < -0.3 is 5.32 Å². The van der Waals surface area contributed by atoms with Gasteiger partial charge in [0.1, 0.15) is 0 Å². The Balaban J connectivity index is 1.68. The summed E-state index contributed by atoms with van der Waals surface area (Å²) < 4.78 is 1.78. The summed E-state index contributed by atoms with van der Waals surface area (Å²) in [6, 6.07) is 24.0. The second-order valence-corrected chi connectivity index (χ2v) is 7.60. The second-order valence-electron chi connectivity index (χ2n) is 7.60. The average molecular weight is 398 g/mol. The van der Waals surface area contributed by atoms with E-state index in [-0.39, 0.29) is 17.9 Å². The van der Waals surface area contributed by atoms with E-state index in [1.807, 2.05) is 86.8 Å². The maximum atomic E-state index is 12.8. The molecule has 3 aromatic carbocycles. The molecule has 0 aliphatic carbocycles.